The highest BCUT2D eigenvalue weighted by Crippen LogP contribution is 2.26. The summed E-state index contributed by atoms with van der Waals surface area (Å²) >= 11 is 0. The first kappa shape index (κ1) is 24.4. The van der Waals surface area contributed by atoms with E-state index in [1.807, 2.05) is 23.1 Å². The Labute approximate surface area is 183 Å². The molecule has 0 unspecified atom stereocenters. The van der Waals surface area contributed by atoms with Crippen molar-refractivity contribution >= 4 is 17.5 Å². The Balaban J connectivity index is 2.37. The summed E-state index contributed by atoms with van der Waals surface area (Å²) in [6.45, 7) is 12.6. The normalized spacial score (nSPS) is 16.5. The Hall–Kier alpha value is -1.88. The van der Waals surface area contributed by atoms with Crippen LogP contribution in [-0.2, 0) is 11.3 Å². The molecule has 1 aromatic rings. The maximum atomic E-state index is 12.7. The fourth-order valence-corrected chi connectivity index (χ4v) is 4.17. The van der Waals surface area contributed by atoms with Gasteiger partial charge in [0.2, 0.25) is 5.91 Å². The van der Waals surface area contributed by atoms with Gasteiger partial charge in [0.25, 0.3) is 5.91 Å². The van der Waals surface area contributed by atoms with E-state index in [1.165, 1.54) is 19.3 Å². The van der Waals surface area contributed by atoms with Gasteiger partial charge in [-0.2, -0.15) is 0 Å². The minimum Gasteiger partial charge on any atom is -0.352 e. The third-order valence-electron chi connectivity index (χ3n) is 5.70. The number of carbonyl (C=O) groups is 2. The third-order valence-corrected chi connectivity index (χ3v) is 5.70. The van der Waals surface area contributed by atoms with Crippen LogP contribution in [0.1, 0.15) is 88.6 Å². The van der Waals surface area contributed by atoms with Gasteiger partial charge in [0.1, 0.15) is 0 Å². The van der Waals surface area contributed by atoms with Crippen LogP contribution in [0, 0.1) is 5.92 Å². The fraction of sp³-hybridized carbons (Fsp3) is 0.680. The lowest BCUT2D eigenvalue weighted by Gasteiger charge is -2.30. The van der Waals surface area contributed by atoms with Crippen molar-refractivity contribution in [2.45, 2.75) is 79.2 Å². The molecule has 0 spiro atoms. The summed E-state index contributed by atoms with van der Waals surface area (Å²) in [5.74, 6) is 0.622. The lowest BCUT2D eigenvalue weighted by molar-refractivity contribution is -0.116. The quantitative estimate of drug-likeness (QED) is 0.666. The summed E-state index contributed by atoms with van der Waals surface area (Å²) in [4.78, 5) is 29.5. The van der Waals surface area contributed by atoms with Gasteiger partial charge in [0.05, 0.1) is 0 Å². The molecule has 0 fully saturated rings. The van der Waals surface area contributed by atoms with Gasteiger partial charge in [0, 0.05) is 44.4 Å². The minimum atomic E-state index is -0.0258. The van der Waals surface area contributed by atoms with Crippen LogP contribution in [0.2, 0.25) is 0 Å². The van der Waals surface area contributed by atoms with Crippen molar-refractivity contribution in [3.05, 3.63) is 29.3 Å². The molecule has 1 aliphatic rings. The number of amides is 2. The average molecular weight is 416 g/mol. The summed E-state index contributed by atoms with van der Waals surface area (Å²) in [7, 11) is 0. The van der Waals surface area contributed by atoms with E-state index >= 15 is 0 Å². The number of carbonyl (C=O) groups excluding carboxylic acids is 2. The zero-order chi connectivity index (χ0) is 21.9. The van der Waals surface area contributed by atoms with Gasteiger partial charge in [-0.15, -0.1) is 0 Å². The Morgan fingerprint density at radius 2 is 1.77 bits per heavy atom. The predicted molar refractivity (Wildman–Crippen MR) is 125 cm³/mol. The molecule has 30 heavy (non-hydrogen) atoms. The molecule has 168 valence electrons. The number of fused-ring (bicyclic) bond motifs is 1. The zero-order valence-corrected chi connectivity index (χ0v) is 19.5. The number of nitrogens with one attached hydrogen (secondary N) is 1. The molecule has 0 atom stereocenters. The van der Waals surface area contributed by atoms with Gasteiger partial charge in [0.15, 0.2) is 0 Å². The van der Waals surface area contributed by atoms with E-state index in [0.717, 1.165) is 63.1 Å². The molecular formula is C25H41N3O2. The predicted octanol–water partition coefficient (Wildman–Crippen LogP) is 4.99. The largest absolute Gasteiger partial charge is 0.352 e. The van der Waals surface area contributed by atoms with Gasteiger partial charge in [-0.05, 0) is 55.5 Å². The average Bonchev–Trinajstić information content (AvgIpc) is 2.68. The molecule has 2 amide bonds. The van der Waals surface area contributed by atoms with Crippen LogP contribution in [0.4, 0.5) is 5.69 Å². The summed E-state index contributed by atoms with van der Waals surface area (Å²) in [5.41, 5.74) is 2.72. The van der Waals surface area contributed by atoms with Gasteiger partial charge in [-0.3, -0.25) is 14.5 Å². The maximum Gasteiger partial charge on any atom is 0.251 e. The molecule has 5 nitrogen and oxygen atoms in total. The van der Waals surface area contributed by atoms with E-state index in [-0.39, 0.29) is 11.8 Å². The Kier molecular flexibility index (Phi) is 10.4. The lowest BCUT2D eigenvalue weighted by atomic mass is 10.0. The number of rotatable bonds is 6. The number of anilines is 1. The van der Waals surface area contributed by atoms with Gasteiger partial charge < -0.3 is 10.2 Å². The molecular weight excluding hydrogens is 374 g/mol. The first-order chi connectivity index (χ1) is 14.4. The van der Waals surface area contributed by atoms with Crippen molar-refractivity contribution in [1.29, 1.82) is 0 Å². The van der Waals surface area contributed by atoms with Crippen molar-refractivity contribution in [3.63, 3.8) is 0 Å². The van der Waals surface area contributed by atoms with Crippen LogP contribution in [0.5, 0.6) is 0 Å². The minimum absolute atomic E-state index is 0.0258. The van der Waals surface area contributed by atoms with E-state index in [1.54, 1.807) is 6.92 Å². The van der Waals surface area contributed by atoms with Crippen molar-refractivity contribution in [2.75, 3.05) is 31.1 Å². The summed E-state index contributed by atoms with van der Waals surface area (Å²) < 4.78 is 0. The van der Waals surface area contributed by atoms with Crippen LogP contribution in [0.3, 0.4) is 0 Å². The molecule has 1 N–H and O–H groups in total. The molecule has 0 radical (unpaired) electrons. The molecule has 0 saturated heterocycles. The standard InChI is InChI=1S/C25H41N3O2/c1-5-6-14-26-25(30)22-12-13-24-23(17-22)19-27(18-20(2)3)15-10-8-7-9-11-16-28(24)21(4)29/h12-13,17,20H,5-11,14-16,18-19H2,1-4H3,(H,26,30). The van der Waals surface area contributed by atoms with E-state index in [2.05, 4.69) is 31.0 Å². The SMILES string of the molecule is CCCCNC(=O)c1ccc2c(c1)CN(CC(C)C)CCCCCCCN2C(C)=O. The highest BCUT2D eigenvalue weighted by atomic mass is 16.2. The van der Waals surface area contributed by atoms with Crippen LogP contribution in [0.15, 0.2) is 18.2 Å². The highest BCUT2D eigenvalue weighted by molar-refractivity contribution is 5.97. The molecule has 1 heterocycles. The number of nitrogens with zero attached hydrogens (tertiary/aromatic N) is 2. The molecule has 2 rings (SSSR count). The maximum absolute atomic E-state index is 12.7. The monoisotopic (exact) mass is 415 g/mol. The zero-order valence-electron chi connectivity index (χ0n) is 19.5. The second kappa shape index (κ2) is 12.7. The molecule has 0 aromatic heterocycles. The Morgan fingerprint density at radius 1 is 1.07 bits per heavy atom. The summed E-state index contributed by atoms with van der Waals surface area (Å²) in [6.07, 6.45) is 7.89. The molecule has 0 aliphatic carbocycles. The van der Waals surface area contributed by atoms with Crippen LogP contribution in [-0.4, -0.2) is 42.9 Å². The van der Waals surface area contributed by atoms with E-state index in [0.29, 0.717) is 18.0 Å². The Bertz CT molecular complexity index is 687. The number of hydrogen-bond donors (Lipinski definition) is 1. The van der Waals surface area contributed by atoms with Crippen molar-refractivity contribution in [1.82, 2.24) is 10.2 Å². The third kappa shape index (κ3) is 7.75. The molecule has 0 saturated carbocycles. The van der Waals surface area contributed by atoms with Crippen molar-refractivity contribution in [3.8, 4) is 0 Å². The number of hydrogen-bond acceptors (Lipinski definition) is 3. The number of unbranched alkanes of at least 4 members (excludes halogenated alkanes) is 1. The van der Waals surface area contributed by atoms with E-state index in [4.69, 9.17) is 0 Å². The van der Waals surface area contributed by atoms with Crippen LogP contribution < -0.4 is 10.2 Å². The van der Waals surface area contributed by atoms with Crippen LogP contribution >= 0.6 is 0 Å². The van der Waals surface area contributed by atoms with Gasteiger partial charge in [-0.25, -0.2) is 0 Å². The van der Waals surface area contributed by atoms with E-state index < -0.39 is 0 Å². The topological polar surface area (TPSA) is 52.7 Å². The first-order valence-corrected chi connectivity index (χ1v) is 11.8. The Morgan fingerprint density at radius 3 is 2.43 bits per heavy atom. The van der Waals surface area contributed by atoms with Gasteiger partial charge >= 0.3 is 0 Å². The van der Waals surface area contributed by atoms with Crippen molar-refractivity contribution in [2.24, 2.45) is 5.92 Å². The highest BCUT2D eigenvalue weighted by Gasteiger charge is 2.20. The van der Waals surface area contributed by atoms with Gasteiger partial charge in [-0.1, -0.05) is 46.5 Å². The first-order valence-electron chi connectivity index (χ1n) is 11.8. The molecule has 1 aliphatic heterocycles. The second-order valence-electron chi connectivity index (χ2n) is 9.02. The molecule has 1 aromatic carbocycles. The lowest BCUT2D eigenvalue weighted by Crippen LogP contribution is -2.34. The second-order valence-corrected chi connectivity index (χ2v) is 9.02. The number of benzene rings is 1. The summed E-state index contributed by atoms with van der Waals surface area (Å²) in [6, 6.07) is 5.85. The van der Waals surface area contributed by atoms with Crippen LogP contribution in [0.25, 0.3) is 0 Å². The van der Waals surface area contributed by atoms with E-state index in [9.17, 15) is 9.59 Å². The fourth-order valence-electron chi connectivity index (χ4n) is 4.17. The smallest absolute Gasteiger partial charge is 0.251 e. The van der Waals surface area contributed by atoms with Crippen molar-refractivity contribution < 1.29 is 9.59 Å². The molecule has 0 bridgehead atoms. The summed E-state index contributed by atoms with van der Waals surface area (Å²) in [5, 5.41) is 3.02. The molecule has 5 heteroatoms.